The van der Waals surface area contributed by atoms with Crippen molar-refractivity contribution in [1.82, 2.24) is 56.1 Å². The molecule has 4 aromatic heterocycles. The zero-order valence-corrected chi connectivity index (χ0v) is 47.3. The first-order valence-electron chi connectivity index (χ1n) is 27.1. The van der Waals surface area contributed by atoms with Crippen LogP contribution < -0.4 is 16.0 Å². The molecule has 434 valence electrons. The number of aliphatic hydroxyl groups is 1. The molecule has 79 heavy (non-hydrogen) atoms. The van der Waals surface area contributed by atoms with Crippen molar-refractivity contribution in [1.29, 1.82) is 0 Å². The van der Waals surface area contributed by atoms with E-state index in [0.29, 0.717) is 73.1 Å². The number of pyridine rings is 2. The lowest BCUT2D eigenvalue weighted by atomic mass is 9.88. The lowest BCUT2D eigenvalue weighted by Gasteiger charge is -2.24. The van der Waals surface area contributed by atoms with Crippen molar-refractivity contribution in [2.24, 2.45) is 0 Å². The maximum absolute atomic E-state index is 12.6. The molecule has 6 rings (SSSR count). The number of Topliss-reactive ketones (excluding diaryl/α,β-unsaturated/α-hetero) is 2. The van der Waals surface area contributed by atoms with Gasteiger partial charge in [-0.15, -0.1) is 25.5 Å². The number of ketones is 2. The second kappa shape index (κ2) is 38.0. The molecule has 4 atom stereocenters. The predicted molar refractivity (Wildman–Crippen MR) is 295 cm³/mol. The fourth-order valence-electron chi connectivity index (χ4n) is 8.14. The maximum Gasteiger partial charge on any atom is 0.409 e. The molecule has 3 amide bonds. The number of amides is 3. The lowest BCUT2D eigenvalue weighted by molar-refractivity contribution is -0.121. The number of aliphatic hydroxyl groups excluding tert-OH is 1. The third-order valence-corrected chi connectivity index (χ3v) is 12.2. The summed E-state index contributed by atoms with van der Waals surface area (Å²) in [6, 6.07) is 6.99. The first-order valence-corrected chi connectivity index (χ1v) is 27.1. The van der Waals surface area contributed by atoms with Gasteiger partial charge in [0.05, 0.1) is 54.8 Å². The van der Waals surface area contributed by atoms with Crippen molar-refractivity contribution in [2.45, 2.75) is 154 Å². The number of fused-ring (bicyclic) bond motifs is 1. The second-order valence-corrected chi connectivity index (χ2v) is 19.2. The van der Waals surface area contributed by atoms with Gasteiger partial charge in [0.15, 0.2) is 6.10 Å². The molecule has 4 N–H and O–H groups in total. The molecule has 2 aliphatic rings. The summed E-state index contributed by atoms with van der Waals surface area (Å²) in [4.78, 5) is 67.9. The topological polar surface area (TPSA) is 276 Å². The number of carbonyl (C=O) groups excluding carboxylic acids is 5. The summed E-state index contributed by atoms with van der Waals surface area (Å²) < 4.78 is 40.6. The molecule has 0 aliphatic heterocycles. The fourth-order valence-corrected chi connectivity index (χ4v) is 8.14. The van der Waals surface area contributed by atoms with Crippen LogP contribution in [-0.4, -0.2) is 154 Å². The van der Waals surface area contributed by atoms with Crippen LogP contribution in [0.4, 0.5) is 19.3 Å². The van der Waals surface area contributed by atoms with Gasteiger partial charge in [0, 0.05) is 59.4 Å². The lowest BCUT2D eigenvalue weighted by Crippen LogP contribution is -2.24. The van der Waals surface area contributed by atoms with Crippen molar-refractivity contribution in [2.75, 3.05) is 67.1 Å². The fraction of sp³-hybridized carbons (Fsp3) is 0.589. The largest absolute Gasteiger partial charge is 0.438 e. The molecule has 4 aromatic rings. The summed E-state index contributed by atoms with van der Waals surface area (Å²) in [7, 11) is 8.46. The van der Waals surface area contributed by atoms with Gasteiger partial charge in [0.2, 0.25) is 23.5 Å². The predicted octanol–water partition coefficient (Wildman–Crippen LogP) is 7.73. The molecule has 0 radical (unpaired) electrons. The van der Waals surface area contributed by atoms with Crippen LogP contribution in [0.1, 0.15) is 151 Å². The smallest absolute Gasteiger partial charge is 0.409 e. The molecule has 0 fully saturated rings. The average Bonchev–Trinajstić information content (AvgIpc) is 3.41. The number of ether oxygens (including phenoxy) is 3. The molecule has 0 saturated heterocycles. The zero-order chi connectivity index (χ0) is 58.0. The van der Waals surface area contributed by atoms with Crippen LogP contribution >= 0.6 is 0 Å². The van der Waals surface area contributed by atoms with Crippen LogP contribution in [0.5, 0.6) is 0 Å². The van der Waals surface area contributed by atoms with Gasteiger partial charge in [-0.05, 0) is 147 Å². The van der Waals surface area contributed by atoms with Gasteiger partial charge in [-0.25, -0.2) is 13.6 Å². The van der Waals surface area contributed by atoms with E-state index in [1.807, 2.05) is 14.1 Å². The van der Waals surface area contributed by atoms with Crippen LogP contribution in [-0.2, 0) is 52.7 Å². The van der Waals surface area contributed by atoms with Crippen molar-refractivity contribution in [3.63, 3.8) is 0 Å². The molecule has 4 heterocycles. The van der Waals surface area contributed by atoms with Gasteiger partial charge in [0.1, 0.15) is 36.3 Å². The number of nitrogens with one attached hydrogen (secondary N) is 3. The normalized spacial score (nSPS) is 16.0. The Morgan fingerprint density at radius 3 is 1.96 bits per heavy atom. The van der Waals surface area contributed by atoms with Gasteiger partial charge in [-0.1, -0.05) is 18.2 Å². The number of nitrogens with zero attached hydrogens (tertiary/aromatic N) is 9. The molecule has 2 aliphatic carbocycles. The number of carbonyl (C=O) groups is 5. The highest BCUT2D eigenvalue weighted by Crippen LogP contribution is 2.32. The van der Waals surface area contributed by atoms with Crippen molar-refractivity contribution in [3.05, 3.63) is 77.0 Å². The molecule has 0 spiro atoms. The van der Waals surface area contributed by atoms with Gasteiger partial charge >= 0.3 is 6.09 Å². The first-order chi connectivity index (χ1) is 38.0. The molecular weight excluding hydrogens is 1020 g/mol. The van der Waals surface area contributed by atoms with E-state index in [2.05, 4.69) is 68.7 Å². The van der Waals surface area contributed by atoms with Crippen molar-refractivity contribution in [3.8, 4) is 22.9 Å². The number of hydrogen-bond donors (Lipinski definition) is 4. The van der Waals surface area contributed by atoms with Crippen LogP contribution in [0.15, 0.2) is 48.8 Å². The monoisotopic (exact) mass is 1100 g/mol. The number of halogens is 2. The molecule has 0 aromatic carbocycles. The van der Waals surface area contributed by atoms with Crippen LogP contribution in [0.25, 0.3) is 22.9 Å². The Hall–Kier alpha value is -6.69. The molecule has 0 bridgehead atoms. The molecule has 23 heteroatoms. The Labute approximate surface area is 463 Å². The van der Waals surface area contributed by atoms with Crippen LogP contribution in [0.2, 0.25) is 0 Å². The van der Waals surface area contributed by atoms with E-state index in [1.54, 1.807) is 71.6 Å². The minimum Gasteiger partial charge on any atom is -0.438 e. The van der Waals surface area contributed by atoms with Crippen molar-refractivity contribution < 1.29 is 52.1 Å². The van der Waals surface area contributed by atoms with Crippen LogP contribution in [0.3, 0.4) is 0 Å². The Kier molecular flexibility index (Phi) is 32.0. The summed E-state index contributed by atoms with van der Waals surface area (Å²) in [6.45, 7) is 4.33. The number of hydrogen-bond acceptors (Lipinski definition) is 18. The molecule has 21 nitrogen and oxygen atoms in total. The maximum atomic E-state index is 12.6. The van der Waals surface area contributed by atoms with E-state index >= 15 is 0 Å². The summed E-state index contributed by atoms with van der Waals surface area (Å²) in [5.74, 6) is 0.264. The summed E-state index contributed by atoms with van der Waals surface area (Å²) >= 11 is 0. The highest BCUT2D eigenvalue weighted by atomic mass is 18.2. The van der Waals surface area contributed by atoms with E-state index in [0.717, 1.165) is 68.1 Å². The van der Waals surface area contributed by atoms with Gasteiger partial charge in [-0.2, -0.15) is 5.10 Å². The number of rotatable bonds is 22. The van der Waals surface area contributed by atoms with Crippen LogP contribution in [0, 0.1) is 0 Å². The number of anilines is 1. The summed E-state index contributed by atoms with van der Waals surface area (Å²) in [5, 5.41) is 42.9. The van der Waals surface area contributed by atoms with E-state index in [4.69, 9.17) is 14.2 Å². The minimum atomic E-state index is -0.739. The van der Waals surface area contributed by atoms with E-state index in [9.17, 15) is 37.9 Å². The SMILES string of the molecule is CC(=O)CCCC(=O)Cc1ccc(-c2nnc(C(C)OC(=O)N(C)C)nn2)nc1.CNC.CNC(=O)CCCC(=O)Nc1ccc(-c2nnc(C(C)O)c3c2CCC(OCC[18F])CCC3)nc1.[18F]CCOC1CC/C=C/CCC1. The zero-order valence-electron chi connectivity index (χ0n) is 47.3. The Balaban J connectivity index is 0.000000333. The van der Waals surface area contributed by atoms with Crippen molar-refractivity contribution >= 4 is 35.2 Å². The van der Waals surface area contributed by atoms with Gasteiger partial charge < -0.3 is 45.0 Å². The second-order valence-electron chi connectivity index (χ2n) is 19.2. The highest BCUT2D eigenvalue weighted by molar-refractivity contribution is 5.91. The third-order valence-electron chi connectivity index (χ3n) is 12.2. The Bertz CT molecular complexity index is 2470. The third kappa shape index (κ3) is 25.8. The minimum absolute atomic E-state index is 0.0242. The average molecular weight is 1100 g/mol. The summed E-state index contributed by atoms with van der Waals surface area (Å²) in [5.41, 5.74) is 5.57. The Morgan fingerprint density at radius 2 is 1.35 bits per heavy atom. The van der Waals surface area contributed by atoms with Gasteiger partial charge in [0.25, 0.3) is 0 Å². The molecule has 0 saturated carbocycles. The number of allylic oxidation sites excluding steroid dienone is 2. The number of aromatic nitrogens is 8. The molecule has 4 unspecified atom stereocenters. The van der Waals surface area contributed by atoms with E-state index in [1.165, 1.54) is 18.2 Å². The van der Waals surface area contributed by atoms with E-state index in [-0.39, 0.29) is 73.9 Å². The highest BCUT2D eigenvalue weighted by Gasteiger charge is 2.25. The van der Waals surface area contributed by atoms with Gasteiger partial charge in [-0.3, -0.25) is 24.4 Å². The molecular formula is C56H82F2N12O9. The Morgan fingerprint density at radius 1 is 0.722 bits per heavy atom. The standard InChI is InChI=1S/C25H34FN5O4.C19H24N6O4.C10H17FO.C2H7N/c1-16(32)24-19-6-3-5-18(35-14-13-26)10-11-20(19)25(31-30-24)21-12-9-17(15-28-21)29-23(34)8-4-7-22(33)27-2;1-12(26)6-5-7-15(27)10-14-8-9-16(20-11-14)18-23-21-17(22-24-18)13(2)29-19(28)25(3)4;11-8-9-12-10-6-4-2-1-3-5-7-10;1-3-2/h9,12,15-16,18,32H,3-8,10-11,13-14H2,1-2H3,(H,27,33)(H,29,34);8-9,11,13H,5-7,10H2,1-4H3;1-2,10H,3-9H2;3H,1-2H3/b;;2-1+;/i26-1;;11-1;. The first kappa shape index (κ1) is 66.6. The van der Waals surface area contributed by atoms with E-state index < -0.39 is 25.0 Å². The summed E-state index contributed by atoms with van der Waals surface area (Å²) in [6.07, 6.45) is 17.8. The number of alkyl halides is 2. The quantitative estimate of drug-likeness (QED) is 0.0548.